The van der Waals surface area contributed by atoms with Crippen molar-refractivity contribution in [1.82, 2.24) is 5.32 Å². The Hall–Kier alpha value is -0.570. The molecule has 0 radical (unpaired) electrons. The van der Waals surface area contributed by atoms with E-state index in [0.29, 0.717) is 6.54 Å². The van der Waals surface area contributed by atoms with Crippen LogP contribution < -0.4 is 11.1 Å². The van der Waals surface area contributed by atoms with Gasteiger partial charge in [-0.05, 0) is 38.5 Å². The summed E-state index contributed by atoms with van der Waals surface area (Å²) >= 11 is 0. The average Bonchev–Trinajstić information content (AvgIpc) is 2.34. The summed E-state index contributed by atoms with van der Waals surface area (Å²) in [6, 6.07) is 0.0554. The monoisotopic (exact) mass is 240 g/mol. The minimum Gasteiger partial charge on any atom is -0.354 e. The lowest BCUT2D eigenvalue weighted by atomic mass is 9.79. The van der Waals surface area contributed by atoms with Gasteiger partial charge in [0, 0.05) is 18.5 Å². The van der Waals surface area contributed by atoms with Gasteiger partial charge in [-0.3, -0.25) is 4.79 Å². The van der Waals surface area contributed by atoms with Crippen LogP contribution >= 0.6 is 0 Å². The molecule has 0 heterocycles. The minimum atomic E-state index is 0.0554. The molecule has 1 fully saturated rings. The van der Waals surface area contributed by atoms with E-state index >= 15 is 0 Å². The van der Waals surface area contributed by atoms with Crippen LogP contribution in [0.4, 0.5) is 0 Å². The van der Waals surface area contributed by atoms with Crippen LogP contribution in [0.25, 0.3) is 0 Å². The van der Waals surface area contributed by atoms with Gasteiger partial charge in [-0.1, -0.05) is 26.2 Å². The smallest absolute Gasteiger partial charge is 0.223 e. The lowest BCUT2D eigenvalue weighted by molar-refractivity contribution is -0.126. The molecule has 0 aliphatic heterocycles. The molecule has 0 bridgehead atoms. The van der Waals surface area contributed by atoms with Crippen molar-refractivity contribution in [3.63, 3.8) is 0 Å². The zero-order valence-corrected chi connectivity index (χ0v) is 11.4. The van der Waals surface area contributed by atoms with Crippen molar-refractivity contribution in [1.29, 1.82) is 0 Å². The zero-order valence-electron chi connectivity index (χ0n) is 11.4. The third kappa shape index (κ3) is 5.53. The standard InChI is InChI=1S/C14H28N2O/c1-3-4-5-12-6-8-13(9-7-12)14(17)16-10-11(2)15/h11-13H,3-10,15H2,1-2H3,(H,16,17). The maximum atomic E-state index is 11.9. The number of hydrogen-bond donors (Lipinski definition) is 2. The van der Waals surface area contributed by atoms with E-state index in [-0.39, 0.29) is 17.9 Å². The number of nitrogens with one attached hydrogen (secondary N) is 1. The molecular formula is C14H28N2O. The minimum absolute atomic E-state index is 0.0554. The van der Waals surface area contributed by atoms with Gasteiger partial charge in [0.1, 0.15) is 0 Å². The summed E-state index contributed by atoms with van der Waals surface area (Å²) in [6.45, 7) is 4.77. The molecule has 1 amide bonds. The highest BCUT2D eigenvalue weighted by Gasteiger charge is 2.25. The highest BCUT2D eigenvalue weighted by atomic mass is 16.1. The molecule has 1 aliphatic rings. The van der Waals surface area contributed by atoms with E-state index in [1.807, 2.05) is 6.92 Å². The third-order valence-corrected chi connectivity index (χ3v) is 3.78. The van der Waals surface area contributed by atoms with Gasteiger partial charge in [-0.2, -0.15) is 0 Å². The van der Waals surface area contributed by atoms with Crippen LogP contribution in [-0.2, 0) is 4.79 Å². The van der Waals surface area contributed by atoms with Crippen molar-refractivity contribution in [2.24, 2.45) is 17.6 Å². The van der Waals surface area contributed by atoms with E-state index in [1.54, 1.807) is 0 Å². The van der Waals surface area contributed by atoms with Crippen LogP contribution in [0.15, 0.2) is 0 Å². The quantitative estimate of drug-likeness (QED) is 0.749. The first-order valence-corrected chi connectivity index (χ1v) is 7.16. The normalized spacial score (nSPS) is 26.5. The van der Waals surface area contributed by atoms with Gasteiger partial charge in [0.25, 0.3) is 0 Å². The second-order valence-corrected chi connectivity index (χ2v) is 5.58. The molecule has 0 aromatic heterocycles. The fourth-order valence-corrected chi connectivity index (χ4v) is 2.61. The molecule has 1 saturated carbocycles. The van der Waals surface area contributed by atoms with Crippen LogP contribution in [0.3, 0.4) is 0 Å². The number of rotatable bonds is 6. The predicted molar refractivity (Wildman–Crippen MR) is 71.6 cm³/mol. The highest BCUT2D eigenvalue weighted by Crippen LogP contribution is 2.31. The number of carbonyl (C=O) groups is 1. The Morgan fingerprint density at radius 1 is 1.35 bits per heavy atom. The van der Waals surface area contributed by atoms with E-state index in [0.717, 1.165) is 18.8 Å². The predicted octanol–water partition coefficient (Wildman–Crippen LogP) is 2.45. The summed E-state index contributed by atoms with van der Waals surface area (Å²) < 4.78 is 0. The summed E-state index contributed by atoms with van der Waals surface area (Å²) in [7, 11) is 0. The second kappa shape index (κ2) is 7.70. The molecule has 3 nitrogen and oxygen atoms in total. The molecule has 3 N–H and O–H groups in total. The van der Waals surface area contributed by atoms with Crippen LogP contribution in [0, 0.1) is 11.8 Å². The van der Waals surface area contributed by atoms with Crippen molar-refractivity contribution >= 4 is 5.91 Å². The van der Waals surface area contributed by atoms with Gasteiger partial charge < -0.3 is 11.1 Å². The molecule has 1 atom stereocenters. The van der Waals surface area contributed by atoms with Gasteiger partial charge in [0.2, 0.25) is 5.91 Å². The van der Waals surface area contributed by atoms with Crippen molar-refractivity contribution in [2.75, 3.05) is 6.54 Å². The molecule has 100 valence electrons. The van der Waals surface area contributed by atoms with Crippen LogP contribution in [0.5, 0.6) is 0 Å². The Bertz CT molecular complexity index is 220. The third-order valence-electron chi connectivity index (χ3n) is 3.78. The number of nitrogens with two attached hydrogens (primary N) is 1. The van der Waals surface area contributed by atoms with Crippen molar-refractivity contribution in [2.45, 2.75) is 64.8 Å². The first-order chi connectivity index (χ1) is 8.13. The van der Waals surface area contributed by atoms with E-state index in [4.69, 9.17) is 5.73 Å². The molecule has 0 aromatic rings. The maximum absolute atomic E-state index is 11.9. The topological polar surface area (TPSA) is 55.1 Å². The summed E-state index contributed by atoms with van der Waals surface area (Å²) in [6.07, 6.45) is 8.58. The van der Waals surface area contributed by atoms with E-state index < -0.39 is 0 Å². The lowest BCUT2D eigenvalue weighted by Gasteiger charge is -2.27. The van der Waals surface area contributed by atoms with Gasteiger partial charge in [-0.15, -0.1) is 0 Å². The molecule has 3 heteroatoms. The lowest BCUT2D eigenvalue weighted by Crippen LogP contribution is -2.39. The van der Waals surface area contributed by atoms with Crippen LogP contribution in [-0.4, -0.2) is 18.5 Å². The largest absolute Gasteiger partial charge is 0.354 e. The molecule has 0 saturated heterocycles. The van der Waals surface area contributed by atoms with Gasteiger partial charge >= 0.3 is 0 Å². The van der Waals surface area contributed by atoms with Gasteiger partial charge in [-0.25, -0.2) is 0 Å². The van der Waals surface area contributed by atoms with E-state index in [2.05, 4.69) is 12.2 Å². The first-order valence-electron chi connectivity index (χ1n) is 7.16. The molecule has 17 heavy (non-hydrogen) atoms. The molecule has 0 spiro atoms. The van der Waals surface area contributed by atoms with Crippen LogP contribution in [0.1, 0.15) is 58.8 Å². The summed E-state index contributed by atoms with van der Waals surface area (Å²) in [5.41, 5.74) is 5.63. The van der Waals surface area contributed by atoms with Crippen molar-refractivity contribution < 1.29 is 4.79 Å². The number of carbonyl (C=O) groups excluding carboxylic acids is 1. The first kappa shape index (κ1) is 14.5. The van der Waals surface area contributed by atoms with Crippen molar-refractivity contribution in [3.05, 3.63) is 0 Å². The van der Waals surface area contributed by atoms with Crippen LogP contribution in [0.2, 0.25) is 0 Å². The van der Waals surface area contributed by atoms with Gasteiger partial charge in [0.15, 0.2) is 0 Å². The Kier molecular flexibility index (Phi) is 6.56. The Balaban J connectivity index is 2.19. The maximum Gasteiger partial charge on any atom is 0.223 e. The van der Waals surface area contributed by atoms with E-state index in [1.165, 1.54) is 32.1 Å². The Morgan fingerprint density at radius 2 is 2.00 bits per heavy atom. The summed E-state index contributed by atoms with van der Waals surface area (Å²) in [5.74, 6) is 1.33. The Morgan fingerprint density at radius 3 is 2.53 bits per heavy atom. The molecular weight excluding hydrogens is 212 g/mol. The fourth-order valence-electron chi connectivity index (χ4n) is 2.61. The van der Waals surface area contributed by atoms with E-state index in [9.17, 15) is 4.79 Å². The number of amides is 1. The number of hydrogen-bond acceptors (Lipinski definition) is 2. The fraction of sp³-hybridized carbons (Fsp3) is 0.929. The summed E-state index contributed by atoms with van der Waals surface area (Å²) in [5, 5.41) is 2.95. The highest BCUT2D eigenvalue weighted by molar-refractivity contribution is 5.78. The summed E-state index contributed by atoms with van der Waals surface area (Å²) in [4.78, 5) is 11.9. The second-order valence-electron chi connectivity index (χ2n) is 5.58. The average molecular weight is 240 g/mol. The van der Waals surface area contributed by atoms with Gasteiger partial charge in [0.05, 0.1) is 0 Å². The van der Waals surface area contributed by atoms with Crippen molar-refractivity contribution in [3.8, 4) is 0 Å². The molecule has 1 unspecified atom stereocenters. The zero-order chi connectivity index (χ0) is 12.7. The number of unbranched alkanes of at least 4 members (excludes halogenated alkanes) is 1. The molecule has 1 rings (SSSR count). The Labute approximate surface area is 106 Å². The molecule has 1 aliphatic carbocycles. The SMILES string of the molecule is CCCCC1CCC(C(=O)NCC(C)N)CC1. The molecule has 0 aromatic carbocycles.